The van der Waals surface area contributed by atoms with Gasteiger partial charge in [-0.15, -0.1) is 0 Å². The van der Waals surface area contributed by atoms with Crippen LogP contribution in [0.25, 0.3) is 11.3 Å². The van der Waals surface area contributed by atoms with E-state index in [1.165, 1.54) is 0 Å². The van der Waals surface area contributed by atoms with Crippen molar-refractivity contribution in [1.82, 2.24) is 0 Å². The van der Waals surface area contributed by atoms with Gasteiger partial charge in [0.15, 0.2) is 0 Å². The van der Waals surface area contributed by atoms with E-state index in [4.69, 9.17) is 11.6 Å². The zero-order valence-electron chi connectivity index (χ0n) is 13.6. The minimum absolute atomic E-state index is 0.140. The van der Waals surface area contributed by atoms with Crippen LogP contribution in [0, 0.1) is 3.57 Å². The van der Waals surface area contributed by atoms with E-state index in [0.29, 0.717) is 10.6 Å². The molecule has 2 N–H and O–H groups in total. The van der Waals surface area contributed by atoms with E-state index in [2.05, 4.69) is 33.2 Å². The Kier molecular flexibility index (Phi) is 4.70. The van der Waals surface area contributed by atoms with Gasteiger partial charge < -0.3 is 10.6 Å². The fourth-order valence-corrected chi connectivity index (χ4v) is 3.49. The summed E-state index contributed by atoms with van der Waals surface area (Å²) < 4.78 is 1.15. The number of halogens is 2. The van der Waals surface area contributed by atoms with E-state index in [-0.39, 0.29) is 5.91 Å². The third kappa shape index (κ3) is 3.34. The van der Waals surface area contributed by atoms with Crippen LogP contribution >= 0.6 is 34.2 Å². The first-order valence-corrected chi connectivity index (χ1v) is 9.51. The fraction of sp³-hybridized carbons (Fsp3) is 0. The van der Waals surface area contributed by atoms with Crippen LogP contribution in [-0.4, -0.2) is 5.91 Å². The summed E-state index contributed by atoms with van der Waals surface area (Å²) in [7, 11) is 0. The van der Waals surface area contributed by atoms with Gasteiger partial charge in [-0.05, 0) is 64.6 Å². The number of fused-ring (bicyclic) bond motifs is 1. The van der Waals surface area contributed by atoms with E-state index in [9.17, 15) is 4.79 Å². The van der Waals surface area contributed by atoms with Crippen molar-refractivity contribution in [3.05, 3.63) is 92.5 Å². The lowest BCUT2D eigenvalue weighted by Gasteiger charge is -2.15. The van der Waals surface area contributed by atoms with Crippen LogP contribution in [-0.2, 0) is 4.79 Å². The van der Waals surface area contributed by atoms with Gasteiger partial charge >= 0.3 is 0 Å². The van der Waals surface area contributed by atoms with Crippen molar-refractivity contribution in [3.63, 3.8) is 0 Å². The molecule has 5 heteroatoms. The Balaban J connectivity index is 1.89. The summed E-state index contributed by atoms with van der Waals surface area (Å²) in [6, 6.07) is 23.4. The number of carbonyl (C=O) groups excluding carboxylic acids is 1. The summed E-state index contributed by atoms with van der Waals surface area (Å²) in [5, 5.41) is 6.94. The molecule has 0 aromatic heterocycles. The smallest absolute Gasteiger partial charge is 0.258 e. The van der Waals surface area contributed by atoms with Crippen molar-refractivity contribution in [3.8, 4) is 0 Å². The lowest BCUT2D eigenvalue weighted by Crippen LogP contribution is -2.10. The molecule has 3 aromatic rings. The Bertz CT molecular complexity index is 1010. The number of rotatable bonds is 3. The van der Waals surface area contributed by atoms with Gasteiger partial charge in [0.1, 0.15) is 0 Å². The monoisotopic (exact) mass is 472 g/mol. The molecule has 128 valence electrons. The highest BCUT2D eigenvalue weighted by Gasteiger charge is 2.28. The topological polar surface area (TPSA) is 41.1 Å². The molecular weight excluding hydrogens is 459 g/mol. The summed E-state index contributed by atoms with van der Waals surface area (Å²) in [4.78, 5) is 12.7. The van der Waals surface area contributed by atoms with Crippen molar-refractivity contribution >= 4 is 62.7 Å². The number of amides is 1. The highest BCUT2D eigenvalue weighted by atomic mass is 127. The van der Waals surface area contributed by atoms with Crippen LogP contribution in [0.3, 0.4) is 0 Å². The van der Waals surface area contributed by atoms with E-state index < -0.39 is 0 Å². The molecular formula is C21H14ClIN2O. The van der Waals surface area contributed by atoms with Crippen LogP contribution < -0.4 is 10.6 Å². The third-order valence-corrected chi connectivity index (χ3v) is 5.11. The second-order valence-electron chi connectivity index (χ2n) is 5.89. The second kappa shape index (κ2) is 7.13. The average molecular weight is 473 g/mol. The number of hydrogen-bond acceptors (Lipinski definition) is 2. The van der Waals surface area contributed by atoms with Crippen LogP contribution in [0.4, 0.5) is 11.4 Å². The van der Waals surface area contributed by atoms with Gasteiger partial charge in [0, 0.05) is 19.8 Å². The molecule has 0 unspecified atom stereocenters. The molecule has 3 nitrogen and oxygen atoms in total. The number of nitrogens with one attached hydrogen (secondary N) is 2. The first-order valence-electron chi connectivity index (χ1n) is 8.05. The predicted octanol–water partition coefficient (Wildman–Crippen LogP) is 5.88. The van der Waals surface area contributed by atoms with E-state index in [0.717, 1.165) is 31.8 Å². The van der Waals surface area contributed by atoms with Gasteiger partial charge in [0.2, 0.25) is 0 Å². The molecule has 0 fully saturated rings. The van der Waals surface area contributed by atoms with Gasteiger partial charge in [-0.1, -0.05) is 48.0 Å². The van der Waals surface area contributed by atoms with E-state index in [1.807, 2.05) is 60.7 Å². The maximum absolute atomic E-state index is 12.7. The van der Waals surface area contributed by atoms with Gasteiger partial charge in [-0.25, -0.2) is 0 Å². The molecule has 3 aromatic carbocycles. The second-order valence-corrected chi connectivity index (χ2v) is 7.57. The van der Waals surface area contributed by atoms with Gasteiger partial charge in [0.25, 0.3) is 5.91 Å². The maximum atomic E-state index is 12.7. The van der Waals surface area contributed by atoms with Crippen LogP contribution in [0.1, 0.15) is 11.1 Å². The van der Waals surface area contributed by atoms with Gasteiger partial charge in [-0.3, -0.25) is 4.79 Å². The summed E-state index contributed by atoms with van der Waals surface area (Å²) in [6.45, 7) is 0. The van der Waals surface area contributed by atoms with Crippen molar-refractivity contribution in [1.29, 1.82) is 0 Å². The molecule has 0 spiro atoms. The van der Waals surface area contributed by atoms with Crippen LogP contribution in [0.15, 0.2) is 72.8 Å². The normalized spacial score (nSPS) is 14.6. The first kappa shape index (κ1) is 17.1. The Morgan fingerprint density at radius 3 is 2.42 bits per heavy atom. The molecule has 1 amide bonds. The molecule has 26 heavy (non-hydrogen) atoms. The fourth-order valence-electron chi connectivity index (χ4n) is 2.95. The SMILES string of the molecule is O=C1Nc2cc(Cl)ccc2C1=C(Nc1ccc(I)cc1)c1ccccc1. The molecule has 1 heterocycles. The molecule has 0 aliphatic carbocycles. The third-order valence-electron chi connectivity index (χ3n) is 4.15. The highest BCUT2D eigenvalue weighted by Crippen LogP contribution is 2.38. The molecule has 1 aliphatic heterocycles. The van der Waals surface area contributed by atoms with Gasteiger partial charge in [0.05, 0.1) is 17.0 Å². The summed E-state index contributed by atoms with van der Waals surface area (Å²) in [6.07, 6.45) is 0. The largest absolute Gasteiger partial charge is 0.354 e. The van der Waals surface area contributed by atoms with E-state index >= 15 is 0 Å². The Morgan fingerprint density at radius 2 is 1.69 bits per heavy atom. The molecule has 1 aliphatic rings. The molecule has 0 saturated carbocycles. The summed E-state index contributed by atoms with van der Waals surface area (Å²) in [5.74, 6) is -0.140. The zero-order chi connectivity index (χ0) is 18.1. The highest BCUT2D eigenvalue weighted by molar-refractivity contribution is 14.1. The van der Waals surface area contributed by atoms with Crippen LogP contribution in [0.5, 0.6) is 0 Å². The van der Waals surface area contributed by atoms with Crippen molar-refractivity contribution < 1.29 is 4.79 Å². The summed E-state index contributed by atoms with van der Waals surface area (Å²) >= 11 is 8.35. The number of benzene rings is 3. The predicted molar refractivity (Wildman–Crippen MR) is 116 cm³/mol. The molecule has 0 saturated heterocycles. The van der Waals surface area contributed by atoms with Crippen LogP contribution in [0.2, 0.25) is 5.02 Å². The minimum Gasteiger partial charge on any atom is -0.354 e. The van der Waals surface area contributed by atoms with Crippen molar-refractivity contribution in [2.45, 2.75) is 0 Å². The molecule has 0 bridgehead atoms. The first-order chi connectivity index (χ1) is 12.6. The number of anilines is 2. The Hall–Kier alpha value is -2.31. The molecule has 0 atom stereocenters. The van der Waals surface area contributed by atoms with E-state index in [1.54, 1.807) is 12.1 Å². The standard InChI is InChI=1S/C21H14ClIN2O/c22-14-6-11-17-18(12-14)25-21(26)19(17)20(13-4-2-1-3-5-13)24-16-9-7-15(23)8-10-16/h1-12,24H,(H,25,26). The maximum Gasteiger partial charge on any atom is 0.258 e. The van der Waals surface area contributed by atoms with Crippen molar-refractivity contribution in [2.24, 2.45) is 0 Å². The quantitative estimate of drug-likeness (QED) is 0.369. The lowest BCUT2D eigenvalue weighted by molar-refractivity contribution is -0.110. The summed E-state index contributed by atoms with van der Waals surface area (Å²) in [5.41, 5.74) is 4.82. The van der Waals surface area contributed by atoms with Gasteiger partial charge in [-0.2, -0.15) is 0 Å². The Morgan fingerprint density at radius 1 is 0.962 bits per heavy atom. The molecule has 0 radical (unpaired) electrons. The lowest BCUT2D eigenvalue weighted by atomic mass is 10.00. The Labute approximate surface area is 170 Å². The number of hydrogen-bond donors (Lipinski definition) is 2. The van der Waals surface area contributed by atoms with Crippen molar-refractivity contribution in [2.75, 3.05) is 10.6 Å². The average Bonchev–Trinajstić information content (AvgIpc) is 2.97. The zero-order valence-corrected chi connectivity index (χ0v) is 16.5. The number of carbonyl (C=O) groups is 1. The molecule has 4 rings (SSSR count). The minimum atomic E-state index is -0.140.